The molecule has 2 aromatic rings. The summed E-state index contributed by atoms with van der Waals surface area (Å²) in [6.45, 7) is 4.55. The maximum absolute atomic E-state index is 12.1. The van der Waals surface area contributed by atoms with Crippen molar-refractivity contribution in [1.29, 1.82) is 5.26 Å². The summed E-state index contributed by atoms with van der Waals surface area (Å²) in [5, 5.41) is 9.22. The van der Waals surface area contributed by atoms with Crippen LogP contribution in [0.5, 0.6) is 0 Å². The molecule has 0 unspecified atom stereocenters. The Bertz CT molecular complexity index is 675. The monoisotopic (exact) mass is 252 g/mol. The Labute approximate surface area is 112 Å². The number of hydrogen-bond acceptors (Lipinski definition) is 2. The van der Waals surface area contributed by atoms with Crippen molar-refractivity contribution in [2.75, 3.05) is 0 Å². The normalized spacial score (nSPS) is 10.2. The van der Waals surface area contributed by atoms with Crippen LogP contribution in [0.15, 0.2) is 41.3 Å². The molecule has 1 aromatic heterocycles. The van der Waals surface area contributed by atoms with Crippen molar-refractivity contribution in [3.05, 3.63) is 58.0 Å². The van der Waals surface area contributed by atoms with E-state index < -0.39 is 0 Å². The van der Waals surface area contributed by atoms with Crippen LogP contribution in [0.3, 0.4) is 0 Å². The number of nitrogens with zero attached hydrogens (tertiary/aromatic N) is 2. The SMILES string of the molecule is CCc1ccc(-c2ccn(CC)c(=O)c2C#N)cc1. The van der Waals surface area contributed by atoms with Crippen LogP contribution in [-0.2, 0) is 13.0 Å². The van der Waals surface area contributed by atoms with E-state index in [1.807, 2.05) is 43.3 Å². The number of benzene rings is 1. The molecule has 0 saturated heterocycles. The fourth-order valence-electron chi connectivity index (χ4n) is 2.09. The molecule has 3 nitrogen and oxygen atoms in total. The number of hydrogen-bond donors (Lipinski definition) is 0. The molecular weight excluding hydrogens is 236 g/mol. The number of aromatic nitrogens is 1. The van der Waals surface area contributed by atoms with Gasteiger partial charge in [0.25, 0.3) is 5.56 Å². The lowest BCUT2D eigenvalue weighted by Gasteiger charge is -2.08. The van der Waals surface area contributed by atoms with Crippen molar-refractivity contribution in [2.24, 2.45) is 0 Å². The van der Waals surface area contributed by atoms with Crippen LogP contribution in [-0.4, -0.2) is 4.57 Å². The summed E-state index contributed by atoms with van der Waals surface area (Å²) in [5.41, 5.74) is 2.86. The minimum Gasteiger partial charge on any atom is -0.315 e. The van der Waals surface area contributed by atoms with Crippen molar-refractivity contribution in [3.8, 4) is 17.2 Å². The maximum atomic E-state index is 12.1. The Kier molecular flexibility index (Phi) is 3.82. The Morgan fingerprint density at radius 3 is 2.37 bits per heavy atom. The average molecular weight is 252 g/mol. The molecule has 0 aliphatic carbocycles. The van der Waals surface area contributed by atoms with Crippen LogP contribution >= 0.6 is 0 Å². The molecule has 0 atom stereocenters. The highest BCUT2D eigenvalue weighted by Gasteiger charge is 2.10. The molecule has 0 N–H and O–H groups in total. The zero-order valence-corrected chi connectivity index (χ0v) is 11.2. The second-order valence-corrected chi connectivity index (χ2v) is 4.36. The lowest BCUT2D eigenvalue weighted by molar-refractivity contribution is 0.725. The van der Waals surface area contributed by atoms with E-state index in [1.165, 1.54) is 5.56 Å². The first-order valence-electron chi connectivity index (χ1n) is 6.44. The molecule has 2 rings (SSSR count). The van der Waals surface area contributed by atoms with Crippen LogP contribution < -0.4 is 5.56 Å². The third kappa shape index (κ3) is 2.43. The van der Waals surface area contributed by atoms with Gasteiger partial charge in [0.2, 0.25) is 0 Å². The third-order valence-electron chi connectivity index (χ3n) is 3.29. The van der Waals surface area contributed by atoms with Gasteiger partial charge in [-0.2, -0.15) is 5.26 Å². The van der Waals surface area contributed by atoms with Crippen LogP contribution in [0.1, 0.15) is 25.0 Å². The first-order valence-corrected chi connectivity index (χ1v) is 6.44. The molecule has 0 aliphatic heterocycles. The Morgan fingerprint density at radius 1 is 1.16 bits per heavy atom. The van der Waals surface area contributed by atoms with E-state index >= 15 is 0 Å². The van der Waals surface area contributed by atoms with Gasteiger partial charge in [-0.25, -0.2) is 0 Å². The largest absolute Gasteiger partial charge is 0.315 e. The number of nitriles is 1. The van der Waals surface area contributed by atoms with Crippen molar-refractivity contribution < 1.29 is 0 Å². The van der Waals surface area contributed by atoms with Gasteiger partial charge in [-0.1, -0.05) is 31.2 Å². The molecule has 19 heavy (non-hydrogen) atoms. The molecule has 0 spiro atoms. The Balaban J connectivity index is 2.59. The average Bonchev–Trinajstić information content (AvgIpc) is 2.47. The van der Waals surface area contributed by atoms with E-state index in [0.717, 1.165) is 12.0 Å². The maximum Gasteiger partial charge on any atom is 0.269 e. The highest BCUT2D eigenvalue weighted by atomic mass is 16.1. The molecule has 0 fully saturated rings. The van der Waals surface area contributed by atoms with Crippen LogP contribution in [0.2, 0.25) is 0 Å². The summed E-state index contributed by atoms with van der Waals surface area (Å²) >= 11 is 0. The van der Waals surface area contributed by atoms with Crippen molar-refractivity contribution >= 4 is 0 Å². The van der Waals surface area contributed by atoms with Gasteiger partial charge in [0.15, 0.2) is 0 Å². The van der Waals surface area contributed by atoms with Gasteiger partial charge in [0.05, 0.1) is 0 Å². The molecule has 96 valence electrons. The van der Waals surface area contributed by atoms with E-state index in [2.05, 4.69) is 6.92 Å². The summed E-state index contributed by atoms with van der Waals surface area (Å²) in [5.74, 6) is 0. The first-order chi connectivity index (χ1) is 9.21. The smallest absolute Gasteiger partial charge is 0.269 e. The third-order valence-corrected chi connectivity index (χ3v) is 3.29. The fraction of sp³-hybridized carbons (Fsp3) is 0.250. The highest BCUT2D eigenvalue weighted by molar-refractivity contribution is 5.69. The number of aryl methyl sites for hydroxylation is 2. The van der Waals surface area contributed by atoms with Crippen LogP contribution in [0.4, 0.5) is 0 Å². The number of pyridine rings is 1. The van der Waals surface area contributed by atoms with Crippen molar-refractivity contribution in [2.45, 2.75) is 26.8 Å². The molecular formula is C16H16N2O. The highest BCUT2D eigenvalue weighted by Crippen LogP contribution is 2.21. The van der Waals surface area contributed by atoms with Crippen molar-refractivity contribution in [3.63, 3.8) is 0 Å². The van der Waals surface area contributed by atoms with Gasteiger partial charge >= 0.3 is 0 Å². The first kappa shape index (κ1) is 13.1. The lowest BCUT2D eigenvalue weighted by atomic mass is 10.0. The summed E-state index contributed by atoms with van der Waals surface area (Å²) in [4.78, 5) is 12.1. The van der Waals surface area contributed by atoms with Gasteiger partial charge in [0.1, 0.15) is 11.6 Å². The summed E-state index contributed by atoms with van der Waals surface area (Å²) in [6.07, 6.45) is 2.72. The van der Waals surface area contributed by atoms with E-state index in [-0.39, 0.29) is 11.1 Å². The van der Waals surface area contributed by atoms with E-state index in [0.29, 0.717) is 12.1 Å². The molecule has 3 heteroatoms. The molecule has 0 bridgehead atoms. The molecule has 0 aliphatic rings. The van der Waals surface area contributed by atoms with E-state index in [1.54, 1.807) is 10.8 Å². The Morgan fingerprint density at radius 2 is 1.84 bits per heavy atom. The molecule has 0 saturated carbocycles. The van der Waals surface area contributed by atoms with Crippen LogP contribution in [0, 0.1) is 11.3 Å². The quantitative estimate of drug-likeness (QED) is 0.843. The topological polar surface area (TPSA) is 45.8 Å². The minimum atomic E-state index is -0.220. The van der Waals surface area contributed by atoms with E-state index in [9.17, 15) is 10.1 Å². The van der Waals surface area contributed by atoms with Gasteiger partial charge in [0, 0.05) is 18.3 Å². The summed E-state index contributed by atoms with van der Waals surface area (Å²) < 4.78 is 1.54. The second-order valence-electron chi connectivity index (χ2n) is 4.36. The predicted molar refractivity (Wildman–Crippen MR) is 75.9 cm³/mol. The molecule has 1 heterocycles. The zero-order chi connectivity index (χ0) is 13.8. The van der Waals surface area contributed by atoms with E-state index in [4.69, 9.17) is 0 Å². The van der Waals surface area contributed by atoms with Gasteiger partial charge in [-0.15, -0.1) is 0 Å². The van der Waals surface area contributed by atoms with Crippen LogP contribution in [0.25, 0.3) is 11.1 Å². The summed E-state index contributed by atoms with van der Waals surface area (Å²) in [6, 6.07) is 11.9. The number of rotatable bonds is 3. The molecule has 1 aromatic carbocycles. The zero-order valence-electron chi connectivity index (χ0n) is 11.2. The molecule has 0 radical (unpaired) electrons. The summed E-state index contributed by atoms with van der Waals surface area (Å²) in [7, 11) is 0. The minimum absolute atomic E-state index is 0.216. The Hall–Kier alpha value is -2.34. The second kappa shape index (κ2) is 5.53. The lowest BCUT2D eigenvalue weighted by Crippen LogP contribution is -2.21. The predicted octanol–water partition coefficient (Wildman–Crippen LogP) is 2.97. The fourth-order valence-corrected chi connectivity index (χ4v) is 2.09. The van der Waals surface area contributed by atoms with Crippen molar-refractivity contribution in [1.82, 2.24) is 4.57 Å². The van der Waals surface area contributed by atoms with Gasteiger partial charge in [-0.3, -0.25) is 4.79 Å². The molecule has 0 amide bonds. The van der Waals surface area contributed by atoms with Gasteiger partial charge < -0.3 is 4.57 Å². The standard InChI is InChI=1S/C16H16N2O/c1-3-12-5-7-13(8-6-12)14-9-10-18(4-2)16(19)15(14)11-17/h5-10H,3-4H2,1-2H3. The van der Waals surface area contributed by atoms with Gasteiger partial charge in [-0.05, 0) is 30.5 Å².